The van der Waals surface area contributed by atoms with Crippen molar-refractivity contribution in [3.05, 3.63) is 0 Å². The zero-order chi connectivity index (χ0) is 47.8. The van der Waals surface area contributed by atoms with Crippen LogP contribution in [-0.2, 0) is 28.9 Å². The summed E-state index contributed by atoms with van der Waals surface area (Å²) in [6.45, 7) is 9.41. The minimum absolute atomic E-state index is 0.0227. The van der Waals surface area contributed by atoms with Gasteiger partial charge < -0.3 is 34.0 Å². The topological polar surface area (TPSA) is 177 Å². The first kappa shape index (κ1) is 64.7. The minimum atomic E-state index is -4.41. The number of carbonyl (C=O) groups is 2. The van der Waals surface area contributed by atoms with Crippen molar-refractivity contribution in [2.45, 2.75) is 219 Å². The van der Waals surface area contributed by atoms with E-state index in [2.05, 4.69) is 30.0 Å². The molecule has 0 radical (unpaired) electrons. The monoisotopic (exact) mass is 938 g/mol. The van der Waals surface area contributed by atoms with E-state index >= 15 is 0 Å². The largest absolute Gasteiger partial charge is 0.726 e. The van der Waals surface area contributed by atoms with Gasteiger partial charge in [-0.1, -0.05) is 194 Å². The fraction of sp³-hybridized carbons (Fsp3) is 0.960. The number of quaternary nitrogens is 1. The Morgan fingerprint density at radius 1 is 0.500 bits per heavy atom. The summed E-state index contributed by atoms with van der Waals surface area (Å²) in [7, 11) is -1.51. The van der Waals surface area contributed by atoms with Gasteiger partial charge in [-0.05, 0) is 12.8 Å². The van der Waals surface area contributed by atoms with Crippen LogP contribution in [0, 0.1) is 0 Å². The number of hydrogen-bond donors (Lipinski definition) is 3. The first-order chi connectivity index (χ1) is 30.9. The maximum atomic E-state index is 13.1. The summed E-state index contributed by atoms with van der Waals surface area (Å²) >= 11 is 0. The van der Waals surface area contributed by atoms with Crippen LogP contribution in [0.15, 0.2) is 0 Å². The van der Waals surface area contributed by atoms with Crippen LogP contribution >= 0.6 is 0 Å². The Kier molecular flexibility index (Phi) is 48.6. The van der Waals surface area contributed by atoms with Crippen LogP contribution in [0.4, 0.5) is 0 Å². The van der Waals surface area contributed by atoms with Gasteiger partial charge in [0.15, 0.2) is 0 Å². The van der Waals surface area contributed by atoms with Crippen LogP contribution in [-0.4, -0.2) is 147 Å². The van der Waals surface area contributed by atoms with Gasteiger partial charge in [0.2, 0.25) is 16.3 Å². The highest BCUT2D eigenvalue weighted by Gasteiger charge is 2.25. The van der Waals surface area contributed by atoms with Crippen molar-refractivity contribution in [2.75, 3.05) is 92.9 Å². The van der Waals surface area contributed by atoms with Crippen LogP contribution in [0.3, 0.4) is 0 Å². The van der Waals surface area contributed by atoms with Gasteiger partial charge in [0.25, 0.3) is 0 Å². The molecule has 0 saturated carbocycles. The van der Waals surface area contributed by atoms with Gasteiger partial charge in [-0.25, -0.2) is 8.42 Å². The summed E-state index contributed by atoms with van der Waals surface area (Å²) in [5, 5.41) is 29.4. The lowest BCUT2D eigenvalue weighted by atomic mass is 10.0. The highest BCUT2D eigenvalue weighted by atomic mass is 32.3. The highest BCUT2D eigenvalue weighted by Crippen LogP contribution is 2.16. The van der Waals surface area contributed by atoms with Gasteiger partial charge in [-0.2, -0.15) is 0 Å². The van der Waals surface area contributed by atoms with Crippen molar-refractivity contribution in [1.82, 2.24) is 9.80 Å². The molecule has 384 valence electrons. The number of rotatable bonds is 48. The molecule has 0 heterocycles. The van der Waals surface area contributed by atoms with Gasteiger partial charge in [-0.3, -0.25) is 18.7 Å². The van der Waals surface area contributed by atoms with Crippen LogP contribution < -0.4 is 0 Å². The zero-order valence-electron chi connectivity index (χ0n) is 42.1. The number of aliphatic hydroxyl groups excluding tert-OH is 3. The number of hydrogen-bond acceptors (Lipinski definition) is 11. The lowest BCUT2D eigenvalue weighted by Gasteiger charge is -2.37. The maximum Gasteiger partial charge on any atom is 0.305 e. The van der Waals surface area contributed by atoms with Crippen molar-refractivity contribution in [3.63, 3.8) is 0 Å². The summed E-state index contributed by atoms with van der Waals surface area (Å²) in [5.41, 5.74) is 0. The molecule has 0 fully saturated rings. The number of amides is 1. The van der Waals surface area contributed by atoms with Gasteiger partial charge in [0.05, 0.1) is 53.6 Å². The fourth-order valence-corrected chi connectivity index (χ4v) is 8.09. The molecule has 1 atom stereocenters. The van der Waals surface area contributed by atoms with E-state index in [0.29, 0.717) is 69.7 Å². The molecule has 0 aromatic carbocycles. The van der Waals surface area contributed by atoms with Crippen molar-refractivity contribution < 1.29 is 51.3 Å². The van der Waals surface area contributed by atoms with E-state index in [1.165, 1.54) is 167 Å². The molecule has 3 N–H and O–H groups in total. The molecule has 0 spiro atoms. The van der Waals surface area contributed by atoms with E-state index in [0.717, 1.165) is 39.3 Å². The lowest BCUT2D eigenvalue weighted by molar-refractivity contribution is -0.908. The average Bonchev–Trinajstić information content (AvgIpc) is 3.27. The highest BCUT2D eigenvalue weighted by molar-refractivity contribution is 7.80. The van der Waals surface area contributed by atoms with Crippen molar-refractivity contribution in [2.24, 2.45) is 0 Å². The molecule has 0 aromatic rings. The summed E-state index contributed by atoms with van der Waals surface area (Å²) in [5.74, 6) is -0.0371. The summed E-state index contributed by atoms with van der Waals surface area (Å²) in [6, 6.07) is 0. The molecule has 0 rings (SSSR count). The SMILES string of the molecule is CCCCCCCCCCCCCCCCCC(=O)OCCN(CCO)CC[N+](C)(CCO)CCN(CCO)C(=O)CCCCCCCCCCCCCCCCC.COS(=O)(=O)[O-]. The molecule has 13 nitrogen and oxygen atoms in total. The summed E-state index contributed by atoms with van der Waals surface area (Å²) < 4.78 is 37.2. The van der Waals surface area contributed by atoms with E-state index in [-0.39, 0.29) is 31.7 Å². The van der Waals surface area contributed by atoms with Gasteiger partial charge in [0.1, 0.15) is 13.2 Å². The molecule has 1 amide bonds. The predicted molar refractivity (Wildman–Crippen MR) is 262 cm³/mol. The quantitative estimate of drug-likeness (QED) is 0.0174. The molecule has 0 saturated heterocycles. The van der Waals surface area contributed by atoms with Crippen LogP contribution in [0.5, 0.6) is 0 Å². The number of carbonyl (C=O) groups excluding carboxylic acids is 2. The third kappa shape index (κ3) is 47.1. The summed E-state index contributed by atoms with van der Waals surface area (Å²) in [6.07, 6.45) is 39.9. The molecule has 14 heteroatoms. The van der Waals surface area contributed by atoms with Crippen LogP contribution in [0.25, 0.3) is 0 Å². The number of esters is 1. The smallest absolute Gasteiger partial charge is 0.305 e. The van der Waals surface area contributed by atoms with E-state index in [4.69, 9.17) is 4.74 Å². The Labute approximate surface area is 394 Å². The fourth-order valence-electron chi connectivity index (χ4n) is 8.09. The normalized spacial score (nSPS) is 12.6. The van der Waals surface area contributed by atoms with Crippen LogP contribution in [0.1, 0.15) is 219 Å². The van der Waals surface area contributed by atoms with E-state index in [1.54, 1.807) is 4.90 Å². The second kappa shape index (κ2) is 48.1. The first-order valence-corrected chi connectivity index (χ1v) is 27.6. The Balaban J connectivity index is 0. The molecule has 0 bridgehead atoms. The third-order valence-corrected chi connectivity index (χ3v) is 12.9. The Morgan fingerprint density at radius 3 is 1.22 bits per heavy atom. The van der Waals surface area contributed by atoms with Gasteiger partial charge in [0, 0.05) is 39.0 Å². The molecule has 0 aliphatic heterocycles. The molecule has 0 aliphatic rings. The predicted octanol–water partition coefficient (Wildman–Crippen LogP) is 9.70. The molecule has 0 aliphatic carbocycles. The number of aliphatic hydroxyl groups is 3. The average molecular weight is 938 g/mol. The molecule has 0 aromatic heterocycles. The van der Waals surface area contributed by atoms with Gasteiger partial charge >= 0.3 is 5.97 Å². The lowest BCUT2D eigenvalue weighted by Crippen LogP contribution is -2.54. The maximum absolute atomic E-state index is 13.1. The first-order valence-electron chi connectivity index (χ1n) is 26.2. The van der Waals surface area contributed by atoms with E-state index < -0.39 is 10.4 Å². The number of nitrogens with zero attached hydrogens (tertiary/aromatic N) is 3. The van der Waals surface area contributed by atoms with Crippen molar-refractivity contribution in [1.29, 1.82) is 0 Å². The molecular weight excluding hydrogens is 835 g/mol. The number of ether oxygens (including phenoxy) is 1. The number of likely N-dealkylation sites (N-methyl/N-ethyl adjacent to an activating group) is 1. The van der Waals surface area contributed by atoms with Crippen LogP contribution in [0.2, 0.25) is 0 Å². The zero-order valence-corrected chi connectivity index (χ0v) is 42.9. The molecular formula is C50H103N3O10S. The second-order valence-corrected chi connectivity index (χ2v) is 19.5. The Hall–Kier alpha value is -1.39. The van der Waals surface area contributed by atoms with Crippen molar-refractivity contribution >= 4 is 22.3 Å². The Bertz CT molecular complexity index is 1120. The van der Waals surface area contributed by atoms with E-state index in [9.17, 15) is 37.9 Å². The van der Waals surface area contributed by atoms with Crippen molar-refractivity contribution in [3.8, 4) is 0 Å². The Morgan fingerprint density at radius 2 is 0.859 bits per heavy atom. The van der Waals surface area contributed by atoms with E-state index in [1.807, 2.05) is 0 Å². The standard InChI is InChI=1S/C49H100N3O6.CH4O4S/c1-4-6-8-10-12-14-16-18-20-22-24-26-28-30-32-34-48(56)51(39-45-54)37-42-52(3,43-46-55)41-36-50(38-44-53)40-47-58-49(57)35-33-31-29-27-25-23-21-19-17-15-13-11-9-7-5-2;1-5-6(2,3)4/h53-55H,4-47H2,1-3H3;1H3,(H,2,3,4)/q+1;/p-1. The minimum Gasteiger partial charge on any atom is -0.726 e. The third-order valence-electron chi connectivity index (χ3n) is 12.5. The van der Waals surface area contributed by atoms with Gasteiger partial charge in [-0.15, -0.1) is 0 Å². The molecule has 64 heavy (non-hydrogen) atoms. The summed E-state index contributed by atoms with van der Waals surface area (Å²) in [4.78, 5) is 29.5. The molecule has 1 unspecified atom stereocenters. The number of unbranched alkanes of at least 4 members (excludes halogenated alkanes) is 28. The second-order valence-electron chi connectivity index (χ2n) is 18.4.